The summed E-state index contributed by atoms with van der Waals surface area (Å²) in [4.78, 5) is 35.5. The Hall–Kier alpha value is -2.67. The van der Waals surface area contributed by atoms with E-state index < -0.39 is 11.4 Å². The van der Waals surface area contributed by atoms with E-state index in [2.05, 4.69) is 10.6 Å². The first kappa shape index (κ1) is 19.7. The van der Waals surface area contributed by atoms with Crippen LogP contribution in [0.25, 0.3) is 0 Å². The minimum Gasteiger partial charge on any atom is -0.481 e. The highest BCUT2D eigenvalue weighted by atomic mass is 32.1. The van der Waals surface area contributed by atoms with E-state index in [-0.39, 0.29) is 24.8 Å². The fourth-order valence-corrected chi connectivity index (χ4v) is 3.05. The quantitative estimate of drug-likeness (QED) is 0.588. The molecule has 3 N–H and O–H groups in total. The van der Waals surface area contributed by atoms with Gasteiger partial charge in [0, 0.05) is 30.5 Å². The van der Waals surface area contributed by atoms with Crippen LogP contribution in [0.4, 0.5) is 0 Å². The number of carboxylic acids is 1. The monoisotopic (exact) mass is 374 g/mol. The molecule has 0 fully saturated rings. The molecule has 1 aromatic heterocycles. The number of carbonyl (C=O) groups is 3. The van der Waals surface area contributed by atoms with Crippen molar-refractivity contribution in [2.24, 2.45) is 0 Å². The first-order valence-corrected chi connectivity index (χ1v) is 9.24. The number of nitrogens with one attached hydrogen (secondary N) is 2. The molecule has 1 unspecified atom stereocenters. The zero-order valence-corrected chi connectivity index (χ0v) is 15.3. The molecule has 1 heterocycles. The van der Waals surface area contributed by atoms with Crippen LogP contribution in [0.15, 0.2) is 47.2 Å². The van der Waals surface area contributed by atoms with E-state index in [0.717, 1.165) is 0 Å². The third kappa shape index (κ3) is 5.16. The first-order valence-electron chi connectivity index (χ1n) is 8.29. The van der Waals surface area contributed by atoms with Crippen LogP contribution in [0.1, 0.15) is 35.7 Å². The van der Waals surface area contributed by atoms with Crippen molar-refractivity contribution >= 4 is 29.1 Å². The first-order chi connectivity index (χ1) is 12.4. The van der Waals surface area contributed by atoms with Gasteiger partial charge in [-0.1, -0.05) is 30.3 Å². The summed E-state index contributed by atoms with van der Waals surface area (Å²) in [6.07, 6.45) is 0.700. The second-order valence-corrected chi connectivity index (χ2v) is 6.93. The van der Waals surface area contributed by atoms with Crippen LogP contribution in [0.3, 0.4) is 0 Å². The lowest BCUT2D eigenvalue weighted by molar-refractivity contribution is -0.143. The summed E-state index contributed by atoms with van der Waals surface area (Å²) < 4.78 is 0. The highest BCUT2D eigenvalue weighted by Crippen LogP contribution is 2.23. The average Bonchev–Trinajstić information content (AvgIpc) is 3.18. The summed E-state index contributed by atoms with van der Waals surface area (Å²) >= 11 is 1.45. The van der Waals surface area contributed by atoms with E-state index in [1.165, 1.54) is 11.3 Å². The molecule has 0 aliphatic heterocycles. The van der Waals surface area contributed by atoms with Crippen LogP contribution < -0.4 is 10.6 Å². The molecular formula is C19H22N2O4S. The fourth-order valence-electron chi connectivity index (χ4n) is 2.42. The Labute approximate surface area is 156 Å². The van der Waals surface area contributed by atoms with Gasteiger partial charge in [-0.3, -0.25) is 14.4 Å². The van der Waals surface area contributed by atoms with Crippen molar-refractivity contribution in [3.63, 3.8) is 0 Å². The minimum absolute atomic E-state index is 0.00639. The van der Waals surface area contributed by atoms with E-state index >= 15 is 0 Å². The van der Waals surface area contributed by atoms with E-state index in [4.69, 9.17) is 0 Å². The number of carboxylic acid groups (broad SMARTS) is 1. The molecule has 26 heavy (non-hydrogen) atoms. The molecule has 138 valence electrons. The van der Waals surface area contributed by atoms with Gasteiger partial charge >= 0.3 is 5.97 Å². The van der Waals surface area contributed by atoms with Crippen LogP contribution in [0, 0.1) is 0 Å². The van der Waals surface area contributed by atoms with Crippen LogP contribution in [-0.4, -0.2) is 36.0 Å². The van der Waals surface area contributed by atoms with E-state index in [9.17, 15) is 19.5 Å². The van der Waals surface area contributed by atoms with Crippen molar-refractivity contribution in [3.05, 3.63) is 58.3 Å². The molecule has 2 amide bonds. The Kier molecular flexibility index (Phi) is 6.91. The Morgan fingerprint density at radius 1 is 1.12 bits per heavy atom. The average molecular weight is 374 g/mol. The topological polar surface area (TPSA) is 95.5 Å². The molecule has 0 aliphatic rings. The highest BCUT2D eigenvalue weighted by Gasteiger charge is 2.35. The molecule has 0 saturated carbocycles. The van der Waals surface area contributed by atoms with E-state index in [1.807, 2.05) is 11.4 Å². The zero-order valence-electron chi connectivity index (χ0n) is 14.5. The van der Waals surface area contributed by atoms with Gasteiger partial charge in [-0.2, -0.15) is 11.3 Å². The molecule has 7 heteroatoms. The van der Waals surface area contributed by atoms with Gasteiger partial charge in [0.05, 0.1) is 0 Å². The smallest absolute Gasteiger partial charge is 0.315 e. The number of benzene rings is 1. The SMILES string of the molecule is CC(CNC(=O)CCCNC(=O)c1ccsc1)(C(=O)O)c1ccccc1. The zero-order chi connectivity index (χ0) is 19.0. The molecule has 1 atom stereocenters. The second-order valence-electron chi connectivity index (χ2n) is 6.15. The molecule has 0 spiro atoms. The number of thiophene rings is 1. The summed E-state index contributed by atoms with van der Waals surface area (Å²) in [5, 5.41) is 18.6. The fraction of sp³-hybridized carbons (Fsp3) is 0.316. The Morgan fingerprint density at radius 3 is 2.46 bits per heavy atom. The predicted octanol–water partition coefficient (Wildman–Crippen LogP) is 2.42. The Bertz CT molecular complexity index is 746. The molecule has 6 nitrogen and oxygen atoms in total. The summed E-state index contributed by atoms with van der Waals surface area (Å²) in [6.45, 7) is 1.98. The maximum Gasteiger partial charge on any atom is 0.315 e. The normalized spacial score (nSPS) is 12.8. The van der Waals surface area contributed by atoms with Crippen LogP contribution in [-0.2, 0) is 15.0 Å². The minimum atomic E-state index is -1.19. The number of hydrogen-bond donors (Lipinski definition) is 3. The molecule has 0 bridgehead atoms. The third-order valence-electron chi connectivity index (χ3n) is 4.17. The Balaban J connectivity index is 1.76. The van der Waals surface area contributed by atoms with E-state index in [0.29, 0.717) is 24.1 Å². The highest BCUT2D eigenvalue weighted by molar-refractivity contribution is 7.08. The van der Waals surface area contributed by atoms with Gasteiger partial charge in [0.2, 0.25) is 5.91 Å². The number of aliphatic carboxylic acids is 1. The molecule has 0 saturated heterocycles. The molecule has 0 radical (unpaired) electrons. The maximum absolute atomic E-state index is 12.0. The molecule has 2 aromatic rings. The lowest BCUT2D eigenvalue weighted by Gasteiger charge is -2.25. The molecule has 1 aromatic carbocycles. The number of carbonyl (C=O) groups excluding carboxylic acids is 2. The lowest BCUT2D eigenvalue weighted by atomic mass is 9.82. The van der Waals surface area contributed by atoms with Crippen molar-refractivity contribution in [3.8, 4) is 0 Å². The largest absolute Gasteiger partial charge is 0.481 e. The van der Waals surface area contributed by atoms with Crippen molar-refractivity contribution < 1.29 is 19.5 Å². The lowest BCUT2D eigenvalue weighted by Crippen LogP contribution is -2.44. The second kappa shape index (κ2) is 9.15. The summed E-state index contributed by atoms with van der Waals surface area (Å²) in [5.41, 5.74) is 0.0553. The van der Waals surface area contributed by atoms with Crippen LogP contribution in [0.5, 0.6) is 0 Å². The van der Waals surface area contributed by atoms with Gasteiger partial charge in [0.25, 0.3) is 5.91 Å². The van der Waals surface area contributed by atoms with Crippen molar-refractivity contribution in [1.82, 2.24) is 10.6 Å². The summed E-state index contributed by atoms with van der Waals surface area (Å²) in [5.74, 6) is -1.39. The third-order valence-corrected chi connectivity index (χ3v) is 4.85. The van der Waals surface area contributed by atoms with Crippen molar-refractivity contribution in [1.29, 1.82) is 0 Å². The van der Waals surface area contributed by atoms with Gasteiger partial charge < -0.3 is 15.7 Å². The van der Waals surface area contributed by atoms with Crippen molar-refractivity contribution in [2.75, 3.05) is 13.1 Å². The van der Waals surface area contributed by atoms with E-state index in [1.54, 1.807) is 42.6 Å². The molecular weight excluding hydrogens is 352 g/mol. The number of amides is 2. The molecule has 0 aliphatic carbocycles. The Morgan fingerprint density at radius 2 is 1.85 bits per heavy atom. The maximum atomic E-state index is 12.0. The summed E-state index contributed by atoms with van der Waals surface area (Å²) in [6, 6.07) is 10.6. The summed E-state index contributed by atoms with van der Waals surface area (Å²) in [7, 11) is 0. The van der Waals surface area contributed by atoms with Gasteiger partial charge in [0.1, 0.15) is 5.41 Å². The van der Waals surface area contributed by atoms with Gasteiger partial charge in [-0.05, 0) is 30.4 Å². The number of hydrogen-bond acceptors (Lipinski definition) is 4. The standard InChI is InChI=1S/C19H22N2O4S/c1-19(18(24)25,15-6-3-2-4-7-15)13-21-16(22)8-5-10-20-17(23)14-9-11-26-12-14/h2-4,6-7,9,11-12H,5,8,10,13H2,1H3,(H,20,23)(H,21,22)(H,24,25). The van der Waals surface area contributed by atoms with Crippen LogP contribution in [0.2, 0.25) is 0 Å². The number of rotatable bonds is 9. The molecule has 2 rings (SSSR count). The van der Waals surface area contributed by atoms with Crippen LogP contribution >= 0.6 is 11.3 Å². The van der Waals surface area contributed by atoms with Gasteiger partial charge in [-0.15, -0.1) is 0 Å². The van der Waals surface area contributed by atoms with Gasteiger partial charge in [0.15, 0.2) is 0 Å². The van der Waals surface area contributed by atoms with Gasteiger partial charge in [-0.25, -0.2) is 0 Å². The van der Waals surface area contributed by atoms with Crippen molar-refractivity contribution in [2.45, 2.75) is 25.2 Å². The predicted molar refractivity (Wildman–Crippen MR) is 100 cm³/mol.